The first kappa shape index (κ1) is 18.1. The number of aromatic carboxylic acids is 1. The molecule has 25 heavy (non-hydrogen) atoms. The molecule has 0 aliphatic rings. The standard InChI is InChI=1S/C18H19NO6/c1-4-25-18(22)12-6-5-7-14(16(12)17(20)21)19-13-9-8-11(23-2)10-15(13)24-3/h5-10,19H,4H2,1-3H3,(H,20,21). The number of carboxylic acid groups (broad SMARTS) is 1. The molecule has 0 spiro atoms. The van der Waals surface area contributed by atoms with Gasteiger partial charge in [0.15, 0.2) is 0 Å². The number of rotatable bonds is 7. The molecule has 2 aromatic rings. The minimum Gasteiger partial charge on any atom is -0.497 e. The number of hydrogen-bond acceptors (Lipinski definition) is 6. The average molecular weight is 345 g/mol. The summed E-state index contributed by atoms with van der Waals surface area (Å²) in [5.74, 6) is -0.859. The largest absolute Gasteiger partial charge is 0.497 e. The van der Waals surface area contributed by atoms with Crippen LogP contribution in [-0.2, 0) is 4.74 Å². The van der Waals surface area contributed by atoms with Crippen LogP contribution in [0, 0.1) is 0 Å². The summed E-state index contributed by atoms with van der Waals surface area (Å²) < 4.78 is 15.4. The van der Waals surface area contributed by atoms with Crippen LogP contribution in [0.2, 0.25) is 0 Å². The number of methoxy groups -OCH3 is 2. The summed E-state index contributed by atoms with van der Waals surface area (Å²) in [6.45, 7) is 1.81. The van der Waals surface area contributed by atoms with Crippen LogP contribution in [0.3, 0.4) is 0 Å². The molecule has 0 aliphatic heterocycles. The lowest BCUT2D eigenvalue weighted by atomic mass is 10.0. The van der Waals surface area contributed by atoms with Gasteiger partial charge in [0.1, 0.15) is 11.5 Å². The number of carboxylic acids is 1. The zero-order valence-electron chi connectivity index (χ0n) is 14.2. The molecule has 132 valence electrons. The van der Waals surface area contributed by atoms with Crippen molar-refractivity contribution in [2.45, 2.75) is 6.92 Å². The van der Waals surface area contributed by atoms with E-state index in [9.17, 15) is 14.7 Å². The summed E-state index contributed by atoms with van der Waals surface area (Å²) >= 11 is 0. The molecular weight excluding hydrogens is 326 g/mol. The summed E-state index contributed by atoms with van der Waals surface area (Å²) in [6, 6.07) is 9.63. The third kappa shape index (κ3) is 4.00. The predicted molar refractivity (Wildman–Crippen MR) is 92.2 cm³/mol. The Morgan fingerprint density at radius 2 is 1.84 bits per heavy atom. The molecule has 0 unspecified atom stereocenters. The Morgan fingerprint density at radius 1 is 1.08 bits per heavy atom. The van der Waals surface area contributed by atoms with Crippen molar-refractivity contribution in [1.29, 1.82) is 0 Å². The second kappa shape index (κ2) is 8.05. The second-order valence-electron chi connectivity index (χ2n) is 4.94. The molecule has 0 aromatic heterocycles. The van der Waals surface area contributed by atoms with Crippen molar-refractivity contribution in [3.05, 3.63) is 47.5 Å². The van der Waals surface area contributed by atoms with Gasteiger partial charge in [-0.3, -0.25) is 0 Å². The lowest BCUT2D eigenvalue weighted by molar-refractivity contribution is 0.0515. The number of esters is 1. The zero-order chi connectivity index (χ0) is 18.4. The number of ether oxygens (including phenoxy) is 3. The third-order valence-electron chi connectivity index (χ3n) is 3.45. The van der Waals surface area contributed by atoms with Crippen molar-refractivity contribution in [2.24, 2.45) is 0 Å². The minimum absolute atomic E-state index is 0.0215. The van der Waals surface area contributed by atoms with Gasteiger partial charge in [-0.25, -0.2) is 9.59 Å². The minimum atomic E-state index is -1.24. The van der Waals surface area contributed by atoms with E-state index in [-0.39, 0.29) is 23.4 Å². The van der Waals surface area contributed by atoms with Crippen molar-refractivity contribution >= 4 is 23.3 Å². The topological polar surface area (TPSA) is 94.1 Å². The van der Waals surface area contributed by atoms with Crippen LogP contribution < -0.4 is 14.8 Å². The molecule has 2 aromatic carbocycles. The van der Waals surface area contributed by atoms with E-state index in [0.29, 0.717) is 17.2 Å². The van der Waals surface area contributed by atoms with Crippen molar-refractivity contribution in [1.82, 2.24) is 0 Å². The molecule has 0 atom stereocenters. The van der Waals surface area contributed by atoms with E-state index in [2.05, 4.69) is 5.32 Å². The third-order valence-corrected chi connectivity index (χ3v) is 3.45. The first-order chi connectivity index (χ1) is 12.0. The molecule has 0 heterocycles. The van der Waals surface area contributed by atoms with E-state index in [0.717, 1.165) is 0 Å². The van der Waals surface area contributed by atoms with Crippen molar-refractivity contribution in [2.75, 3.05) is 26.1 Å². The molecule has 7 heteroatoms. The van der Waals surface area contributed by atoms with E-state index >= 15 is 0 Å². The fourth-order valence-electron chi connectivity index (χ4n) is 2.31. The molecule has 7 nitrogen and oxygen atoms in total. The number of anilines is 2. The smallest absolute Gasteiger partial charge is 0.339 e. The van der Waals surface area contributed by atoms with E-state index in [1.807, 2.05) is 0 Å². The number of carbonyl (C=O) groups is 2. The van der Waals surface area contributed by atoms with E-state index in [1.165, 1.54) is 20.3 Å². The summed E-state index contributed by atoms with van der Waals surface area (Å²) in [6.07, 6.45) is 0. The highest BCUT2D eigenvalue weighted by Crippen LogP contribution is 2.33. The number of benzene rings is 2. The highest BCUT2D eigenvalue weighted by Gasteiger charge is 2.22. The molecule has 2 N–H and O–H groups in total. The molecule has 0 radical (unpaired) electrons. The van der Waals surface area contributed by atoms with Gasteiger partial charge in [0.25, 0.3) is 0 Å². The lowest BCUT2D eigenvalue weighted by Gasteiger charge is -2.15. The van der Waals surface area contributed by atoms with Gasteiger partial charge in [0.05, 0.1) is 43.3 Å². The molecule has 0 fully saturated rings. The summed E-state index contributed by atoms with van der Waals surface area (Å²) in [7, 11) is 3.03. The van der Waals surface area contributed by atoms with Gasteiger partial charge in [-0.2, -0.15) is 0 Å². The highest BCUT2D eigenvalue weighted by atomic mass is 16.5. The normalized spacial score (nSPS) is 10.0. The van der Waals surface area contributed by atoms with Crippen LogP contribution in [0.15, 0.2) is 36.4 Å². The first-order valence-corrected chi connectivity index (χ1v) is 7.54. The fourth-order valence-corrected chi connectivity index (χ4v) is 2.31. The van der Waals surface area contributed by atoms with Crippen molar-refractivity contribution < 1.29 is 28.9 Å². The van der Waals surface area contributed by atoms with Gasteiger partial charge in [0, 0.05) is 6.07 Å². The lowest BCUT2D eigenvalue weighted by Crippen LogP contribution is -2.14. The Balaban J connectivity index is 2.48. The van der Waals surface area contributed by atoms with E-state index < -0.39 is 11.9 Å². The van der Waals surface area contributed by atoms with Gasteiger partial charge in [-0.1, -0.05) is 6.07 Å². The van der Waals surface area contributed by atoms with Crippen LogP contribution in [0.1, 0.15) is 27.6 Å². The van der Waals surface area contributed by atoms with Gasteiger partial charge in [0.2, 0.25) is 0 Å². The van der Waals surface area contributed by atoms with Gasteiger partial charge in [-0.05, 0) is 31.2 Å². The zero-order valence-corrected chi connectivity index (χ0v) is 14.2. The maximum Gasteiger partial charge on any atom is 0.339 e. The maximum atomic E-state index is 12.0. The first-order valence-electron chi connectivity index (χ1n) is 7.54. The number of nitrogens with one attached hydrogen (secondary N) is 1. The molecule has 2 rings (SSSR count). The van der Waals surface area contributed by atoms with E-state index in [1.54, 1.807) is 37.3 Å². The van der Waals surface area contributed by atoms with Gasteiger partial charge in [-0.15, -0.1) is 0 Å². The van der Waals surface area contributed by atoms with Crippen LogP contribution >= 0.6 is 0 Å². The van der Waals surface area contributed by atoms with Crippen LogP contribution in [-0.4, -0.2) is 37.9 Å². The summed E-state index contributed by atoms with van der Waals surface area (Å²) in [5.41, 5.74) is 0.596. The Bertz CT molecular complexity index is 787. The quantitative estimate of drug-likeness (QED) is 0.743. The van der Waals surface area contributed by atoms with Crippen LogP contribution in [0.5, 0.6) is 11.5 Å². The van der Waals surface area contributed by atoms with Gasteiger partial charge < -0.3 is 24.6 Å². The fraction of sp³-hybridized carbons (Fsp3) is 0.222. The molecule has 0 amide bonds. The Hall–Kier alpha value is -3.22. The number of carbonyl (C=O) groups excluding carboxylic acids is 1. The van der Waals surface area contributed by atoms with Crippen LogP contribution in [0.4, 0.5) is 11.4 Å². The maximum absolute atomic E-state index is 12.0. The van der Waals surface area contributed by atoms with Crippen LogP contribution in [0.25, 0.3) is 0 Å². The van der Waals surface area contributed by atoms with Crippen molar-refractivity contribution in [3.63, 3.8) is 0 Å². The van der Waals surface area contributed by atoms with Crippen molar-refractivity contribution in [3.8, 4) is 11.5 Å². The molecule has 0 saturated heterocycles. The summed E-state index contributed by atoms with van der Waals surface area (Å²) in [4.78, 5) is 23.7. The predicted octanol–water partition coefficient (Wildman–Crippen LogP) is 3.32. The second-order valence-corrected chi connectivity index (χ2v) is 4.94. The Morgan fingerprint density at radius 3 is 2.44 bits per heavy atom. The summed E-state index contributed by atoms with van der Waals surface area (Å²) in [5, 5.41) is 12.5. The Kier molecular flexibility index (Phi) is 5.84. The Labute approximate surface area is 145 Å². The molecule has 0 saturated carbocycles. The highest BCUT2D eigenvalue weighted by molar-refractivity contribution is 6.07. The van der Waals surface area contributed by atoms with E-state index in [4.69, 9.17) is 14.2 Å². The van der Waals surface area contributed by atoms with Gasteiger partial charge >= 0.3 is 11.9 Å². The molecule has 0 bridgehead atoms. The monoisotopic (exact) mass is 345 g/mol. The average Bonchev–Trinajstić information content (AvgIpc) is 2.61. The SMILES string of the molecule is CCOC(=O)c1cccc(Nc2ccc(OC)cc2OC)c1C(=O)O. The molecular formula is C18H19NO6. The number of hydrogen-bond donors (Lipinski definition) is 2. The molecule has 0 aliphatic carbocycles.